The van der Waals surface area contributed by atoms with Gasteiger partial charge in [0, 0.05) is 17.3 Å². The van der Waals surface area contributed by atoms with Crippen LogP contribution in [0.3, 0.4) is 0 Å². The molecule has 1 aromatic heterocycles. The highest BCUT2D eigenvalue weighted by Crippen LogP contribution is 2.34. The lowest BCUT2D eigenvalue weighted by molar-refractivity contribution is 0.301. The first-order valence-electron chi connectivity index (χ1n) is 5.60. The predicted octanol–water partition coefficient (Wildman–Crippen LogP) is 2.22. The van der Waals surface area contributed by atoms with Crippen LogP contribution in [0.2, 0.25) is 0 Å². The molecule has 1 aliphatic rings. The number of hydrogen-bond acceptors (Lipinski definition) is 2. The minimum Gasteiger partial charge on any atom is -0.329 e. The zero-order valence-electron chi connectivity index (χ0n) is 9.58. The Kier molecular flexibility index (Phi) is 4.16. The van der Waals surface area contributed by atoms with E-state index in [-0.39, 0.29) is 23.5 Å². The maximum Gasteiger partial charge on any atom is 0.250 e. The molecule has 1 saturated carbocycles. The lowest BCUT2D eigenvalue weighted by Crippen LogP contribution is -2.39. The van der Waals surface area contributed by atoms with Crippen molar-refractivity contribution in [2.75, 3.05) is 0 Å². The SMILES string of the molecule is Cc1cc(C2(N)CCCCC2)c[nH]c1=O.Cl. The summed E-state index contributed by atoms with van der Waals surface area (Å²) in [7, 11) is 0. The van der Waals surface area contributed by atoms with E-state index in [1.165, 1.54) is 19.3 Å². The van der Waals surface area contributed by atoms with Crippen LogP contribution in [0.15, 0.2) is 17.1 Å². The molecule has 3 N–H and O–H groups in total. The van der Waals surface area contributed by atoms with Gasteiger partial charge in [0.15, 0.2) is 0 Å². The van der Waals surface area contributed by atoms with Gasteiger partial charge in [-0.05, 0) is 31.4 Å². The third-order valence-electron chi connectivity index (χ3n) is 3.41. The maximum atomic E-state index is 11.3. The fourth-order valence-electron chi connectivity index (χ4n) is 2.36. The summed E-state index contributed by atoms with van der Waals surface area (Å²) in [6.07, 6.45) is 7.49. The number of halogens is 1. The van der Waals surface area contributed by atoms with Crippen LogP contribution in [-0.4, -0.2) is 4.98 Å². The zero-order valence-corrected chi connectivity index (χ0v) is 10.4. The molecular weight excluding hydrogens is 224 g/mol. The molecule has 4 heteroatoms. The van der Waals surface area contributed by atoms with Gasteiger partial charge in [-0.1, -0.05) is 19.3 Å². The Bertz CT molecular complexity index is 408. The van der Waals surface area contributed by atoms with Crippen molar-refractivity contribution in [3.05, 3.63) is 33.7 Å². The first-order valence-corrected chi connectivity index (χ1v) is 5.60. The maximum absolute atomic E-state index is 11.3. The quantitative estimate of drug-likeness (QED) is 0.794. The van der Waals surface area contributed by atoms with Crippen molar-refractivity contribution in [3.63, 3.8) is 0 Å². The van der Waals surface area contributed by atoms with Crippen molar-refractivity contribution >= 4 is 12.4 Å². The third kappa shape index (κ3) is 2.47. The van der Waals surface area contributed by atoms with E-state index in [2.05, 4.69) is 4.98 Å². The molecule has 0 amide bonds. The van der Waals surface area contributed by atoms with E-state index in [1.807, 2.05) is 13.0 Å². The molecule has 0 spiro atoms. The van der Waals surface area contributed by atoms with E-state index in [1.54, 1.807) is 6.20 Å². The Morgan fingerprint density at radius 3 is 2.50 bits per heavy atom. The summed E-state index contributed by atoms with van der Waals surface area (Å²) in [5.41, 5.74) is 7.98. The molecule has 0 aromatic carbocycles. The van der Waals surface area contributed by atoms with Gasteiger partial charge in [0.25, 0.3) is 5.56 Å². The van der Waals surface area contributed by atoms with E-state index in [0.717, 1.165) is 24.0 Å². The Morgan fingerprint density at radius 2 is 1.94 bits per heavy atom. The van der Waals surface area contributed by atoms with E-state index in [4.69, 9.17) is 5.73 Å². The van der Waals surface area contributed by atoms with Crippen molar-refractivity contribution in [2.24, 2.45) is 5.73 Å². The Balaban J connectivity index is 0.00000128. The smallest absolute Gasteiger partial charge is 0.250 e. The fourth-order valence-corrected chi connectivity index (χ4v) is 2.36. The van der Waals surface area contributed by atoms with Crippen LogP contribution in [0.4, 0.5) is 0 Å². The molecule has 1 heterocycles. The summed E-state index contributed by atoms with van der Waals surface area (Å²) in [4.78, 5) is 14.0. The van der Waals surface area contributed by atoms with Crippen molar-refractivity contribution < 1.29 is 0 Å². The Hall–Kier alpha value is -0.800. The van der Waals surface area contributed by atoms with Gasteiger partial charge >= 0.3 is 0 Å². The number of nitrogens with one attached hydrogen (secondary N) is 1. The Morgan fingerprint density at radius 1 is 1.31 bits per heavy atom. The first kappa shape index (κ1) is 13.3. The van der Waals surface area contributed by atoms with Crippen molar-refractivity contribution in [1.29, 1.82) is 0 Å². The number of aromatic amines is 1. The lowest BCUT2D eigenvalue weighted by atomic mass is 9.78. The van der Waals surface area contributed by atoms with E-state index in [9.17, 15) is 4.79 Å². The standard InChI is InChI=1S/C12H18N2O.ClH/c1-9-7-10(8-14-11(9)15)12(13)5-3-2-4-6-12;/h7-8H,2-6,13H2,1H3,(H,14,15);1H. The van der Waals surface area contributed by atoms with Gasteiger partial charge in [0.2, 0.25) is 0 Å². The topological polar surface area (TPSA) is 58.9 Å². The van der Waals surface area contributed by atoms with Gasteiger partial charge in [0.1, 0.15) is 0 Å². The molecule has 1 aliphatic carbocycles. The van der Waals surface area contributed by atoms with Gasteiger partial charge in [0.05, 0.1) is 0 Å². The minimum atomic E-state index is -0.215. The van der Waals surface area contributed by atoms with Gasteiger partial charge in [-0.3, -0.25) is 4.79 Å². The molecule has 16 heavy (non-hydrogen) atoms. The molecule has 0 aliphatic heterocycles. The number of aryl methyl sites for hydroxylation is 1. The largest absolute Gasteiger partial charge is 0.329 e. The second-order valence-corrected chi connectivity index (χ2v) is 4.62. The van der Waals surface area contributed by atoms with Crippen molar-refractivity contribution in [1.82, 2.24) is 4.98 Å². The summed E-state index contributed by atoms with van der Waals surface area (Å²) in [6, 6.07) is 1.93. The van der Waals surface area contributed by atoms with Crippen LogP contribution in [-0.2, 0) is 5.54 Å². The molecule has 0 unspecified atom stereocenters. The number of hydrogen-bond donors (Lipinski definition) is 2. The Labute approximate surface area is 102 Å². The van der Waals surface area contributed by atoms with E-state index in [0.29, 0.717) is 0 Å². The molecule has 3 nitrogen and oxygen atoms in total. The first-order chi connectivity index (χ1) is 7.12. The third-order valence-corrected chi connectivity index (χ3v) is 3.41. The average Bonchev–Trinajstić information content (AvgIpc) is 2.23. The molecule has 90 valence electrons. The van der Waals surface area contributed by atoms with Crippen LogP contribution in [0.25, 0.3) is 0 Å². The molecule has 2 rings (SSSR count). The highest BCUT2D eigenvalue weighted by Gasteiger charge is 2.29. The van der Waals surface area contributed by atoms with Crippen LogP contribution >= 0.6 is 12.4 Å². The summed E-state index contributed by atoms with van der Waals surface area (Å²) in [5, 5.41) is 0. The summed E-state index contributed by atoms with van der Waals surface area (Å²) >= 11 is 0. The van der Waals surface area contributed by atoms with Crippen molar-refractivity contribution in [3.8, 4) is 0 Å². The summed E-state index contributed by atoms with van der Waals surface area (Å²) < 4.78 is 0. The number of nitrogens with two attached hydrogens (primary N) is 1. The van der Waals surface area contributed by atoms with Crippen LogP contribution < -0.4 is 11.3 Å². The molecular formula is C12H19ClN2O. The van der Waals surface area contributed by atoms with Crippen LogP contribution in [0.5, 0.6) is 0 Å². The number of rotatable bonds is 1. The number of pyridine rings is 1. The fraction of sp³-hybridized carbons (Fsp3) is 0.583. The van der Waals surface area contributed by atoms with E-state index >= 15 is 0 Å². The van der Waals surface area contributed by atoms with Gasteiger partial charge in [-0.15, -0.1) is 12.4 Å². The molecule has 1 fully saturated rings. The highest BCUT2D eigenvalue weighted by molar-refractivity contribution is 5.85. The number of H-pyrrole nitrogens is 1. The van der Waals surface area contributed by atoms with Crippen molar-refractivity contribution in [2.45, 2.75) is 44.6 Å². The highest BCUT2D eigenvalue weighted by atomic mass is 35.5. The lowest BCUT2D eigenvalue weighted by Gasteiger charge is -2.33. The minimum absolute atomic E-state index is 0. The molecule has 0 bridgehead atoms. The van der Waals surface area contributed by atoms with Gasteiger partial charge in [-0.2, -0.15) is 0 Å². The second kappa shape index (κ2) is 5.02. The molecule has 0 radical (unpaired) electrons. The zero-order chi connectivity index (χ0) is 10.9. The van der Waals surface area contributed by atoms with Crippen LogP contribution in [0.1, 0.15) is 43.2 Å². The predicted molar refractivity (Wildman–Crippen MR) is 68.0 cm³/mol. The normalized spacial score (nSPS) is 18.9. The van der Waals surface area contributed by atoms with Gasteiger partial charge in [-0.25, -0.2) is 0 Å². The summed E-state index contributed by atoms with van der Waals surface area (Å²) in [6.45, 7) is 1.83. The molecule has 0 saturated heterocycles. The van der Waals surface area contributed by atoms with Gasteiger partial charge < -0.3 is 10.7 Å². The number of aromatic nitrogens is 1. The second-order valence-electron chi connectivity index (χ2n) is 4.62. The summed E-state index contributed by atoms with van der Waals surface area (Å²) in [5.74, 6) is 0. The van der Waals surface area contributed by atoms with E-state index < -0.39 is 0 Å². The van der Waals surface area contributed by atoms with Crippen LogP contribution in [0, 0.1) is 6.92 Å². The monoisotopic (exact) mass is 242 g/mol. The molecule has 0 atom stereocenters. The average molecular weight is 243 g/mol. The molecule has 1 aromatic rings.